The average Bonchev–Trinajstić information content (AvgIpc) is 2.46. The normalized spacial score (nSPS) is 11.1. The summed E-state index contributed by atoms with van der Waals surface area (Å²) in [6.45, 7) is 2.96. The highest BCUT2D eigenvalue weighted by atomic mass is 35.5. The first kappa shape index (κ1) is 20.1. The van der Waals surface area contributed by atoms with Crippen LogP contribution in [0, 0.1) is 0 Å². The molecule has 0 aliphatic heterocycles. The predicted molar refractivity (Wildman–Crippen MR) is 91.3 cm³/mol. The number of hydrogen-bond donors (Lipinski definition) is 1. The first-order valence-corrected chi connectivity index (χ1v) is 8.69. The van der Waals surface area contributed by atoms with Crippen molar-refractivity contribution in [3.8, 4) is 0 Å². The van der Waals surface area contributed by atoms with E-state index in [0.29, 0.717) is 0 Å². The van der Waals surface area contributed by atoms with Crippen LogP contribution in [0.15, 0.2) is 34.7 Å². The number of ether oxygens (including phenoxy) is 1. The van der Waals surface area contributed by atoms with Crippen LogP contribution < -0.4 is 5.32 Å². The molecule has 0 saturated heterocycles. The fourth-order valence-corrected chi connectivity index (χ4v) is 2.98. The van der Waals surface area contributed by atoms with E-state index in [1.807, 2.05) is 0 Å². The Morgan fingerprint density at radius 1 is 1.29 bits per heavy atom. The van der Waals surface area contributed by atoms with Gasteiger partial charge in [-0.3, -0.25) is 4.79 Å². The summed E-state index contributed by atoms with van der Waals surface area (Å²) >= 11 is 5.92. The molecule has 1 N–H and O–H groups in total. The minimum atomic E-state index is -3.75. The van der Waals surface area contributed by atoms with Crippen LogP contribution in [-0.2, 0) is 24.3 Å². The highest BCUT2D eigenvalue weighted by Crippen LogP contribution is 2.26. The Balaban J connectivity index is 2.85. The second-order valence-corrected chi connectivity index (χ2v) is 7.84. The molecule has 1 aromatic rings. The van der Waals surface area contributed by atoms with Crippen LogP contribution in [0.3, 0.4) is 0 Å². The van der Waals surface area contributed by atoms with Crippen LogP contribution in [0.1, 0.15) is 13.8 Å². The Morgan fingerprint density at radius 3 is 2.46 bits per heavy atom. The van der Waals surface area contributed by atoms with E-state index in [9.17, 15) is 18.0 Å². The minimum absolute atomic E-state index is 0.0386. The van der Waals surface area contributed by atoms with Crippen molar-refractivity contribution in [1.82, 2.24) is 4.31 Å². The molecule has 0 heterocycles. The third-order valence-electron chi connectivity index (χ3n) is 2.73. The van der Waals surface area contributed by atoms with Gasteiger partial charge in [0.15, 0.2) is 6.61 Å². The number of benzene rings is 1. The van der Waals surface area contributed by atoms with Crippen molar-refractivity contribution in [2.24, 2.45) is 0 Å². The van der Waals surface area contributed by atoms with E-state index in [0.717, 1.165) is 9.88 Å². The number of rotatable bonds is 6. The van der Waals surface area contributed by atoms with E-state index >= 15 is 0 Å². The third-order valence-corrected chi connectivity index (χ3v) is 5.02. The first-order chi connectivity index (χ1) is 11.0. The van der Waals surface area contributed by atoms with Crippen molar-refractivity contribution in [1.29, 1.82) is 0 Å². The van der Waals surface area contributed by atoms with E-state index in [4.69, 9.17) is 16.3 Å². The van der Waals surface area contributed by atoms with Gasteiger partial charge in [-0.05, 0) is 32.0 Å². The van der Waals surface area contributed by atoms with Crippen LogP contribution in [0.5, 0.6) is 0 Å². The fourth-order valence-electron chi connectivity index (χ4n) is 1.59. The Labute approximate surface area is 146 Å². The van der Waals surface area contributed by atoms with Crippen LogP contribution >= 0.6 is 11.6 Å². The predicted octanol–water partition coefficient (Wildman–Crippen LogP) is 2.04. The Morgan fingerprint density at radius 2 is 1.92 bits per heavy atom. The Bertz CT molecular complexity index is 768. The Hall–Kier alpha value is -1.90. The van der Waals surface area contributed by atoms with Crippen molar-refractivity contribution < 1.29 is 22.7 Å². The van der Waals surface area contributed by atoms with Crippen molar-refractivity contribution in [3.05, 3.63) is 34.9 Å². The maximum absolute atomic E-state index is 12.2. The van der Waals surface area contributed by atoms with E-state index in [-0.39, 0.29) is 15.6 Å². The molecule has 0 saturated carbocycles. The first-order valence-electron chi connectivity index (χ1n) is 6.87. The van der Waals surface area contributed by atoms with Crippen molar-refractivity contribution in [3.63, 3.8) is 0 Å². The third kappa shape index (κ3) is 5.63. The summed E-state index contributed by atoms with van der Waals surface area (Å²) in [5.41, 5.74) is 0.972. The second kappa shape index (κ2) is 8.27. The van der Waals surface area contributed by atoms with Gasteiger partial charge in [0.25, 0.3) is 5.91 Å². The SMILES string of the molecule is CC(C)=CC(=O)OCC(=O)Nc1ccc(Cl)c(S(=O)(=O)N(C)C)c1. The molecule has 132 valence electrons. The number of hydrogen-bond acceptors (Lipinski definition) is 5. The van der Waals surface area contributed by atoms with E-state index in [2.05, 4.69) is 5.32 Å². The molecular weight excluding hydrogens is 356 g/mol. The highest BCUT2D eigenvalue weighted by molar-refractivity contribution is 7.89. The standard InChI is InChI=1S/C15H19ClN2O5S/c1-10(2)7-15(20)23-9-14(19)17-11-5-6-12(16)13(8-11)24(21,22)18(3)4/h5-8H,9H2,1-4H3,(H,17,19). The molecule has 0 atom stereocenters. The lowest BCUT2D eigenvalue weighted by atomic mass is 10.3. The molecule has 0 unspecified atom stereocenters. The molecule has 0 bridgehead atoms. The molecular formula is C15H19ClN2O5S. The molecule has 0 fully saturated rings. The lowest BCUT2D eigenvalue weighted by molar-refractivity contribution is -0.142. The van der Waals surface area contributed by atoms with Gasteiger partial charge in [-0.1, -0.05) is 17.2 Å². The number of esters is 1. The Kier molecular flexibility index (Phi) is 6.94. The number of allylic oxidation sites excluding steroid dienone is 1. The molecule has 7 nitrogen and oxygen atoms in total. The quantitative estimate of drug-likeness (QED) is 0.607. The van der Waals surface area contributed by atoms with Crippen LogP contribution in [0.2, 0.25) is 5.02 Å². The van der Waals surface area contributed by atoms with Crippen LogP contribution in [0.25, 0.3) is 0 Å². The number of carbonyl (C=O) groups excluding carboxylic acids is 2. The minimum Gasteiger partial charge on any atom is -0.452 e. The molecule has 1 rings (SSSR count). The smallest absolute Gasteiger partial charge is 0.331 e. The van der Waals surface area contributed by atoms with Gasteiger partial charge in [-0.2, -0.15) is 0 Å². The van der Waals surface area contributed by atoms with Gasteiger partial charge in [-0.15, -0.1) is 0 Å². The van der Waals surface area contributed by atoms with Crippen LogP contribution in [0.4, 0.5) is 5.69 Å². The molecule has 0 aliphatic carbocycles. The van der Waals surface area contributed by atoms with Crippen molar-refractivity contribution >= 4 is 39.2 Å². The van der Waals surface area contributed by atoms with Gasteiger partial charge < -0.3 is 10.1 Å². The number of nitrogens with one attached hydrogen (secondary N) is 1. The van der Waals surface area contributed by atoms with Gasteiger partial charge in [-0.25, -0.2) is 17.5 Å². The van der Waals surface area contributed by atoms with Gasteiger partial charge in [0.2, 0.25) is 10.0 Å². The monoisotopic (exact) mass is 374 g/mol. The number of halogens is 1. The van der Waals surface area contributed by atoms with Crippen molar-refractivity contribution in [2.45, 2.75) is 18.7 Å². The number of anilines is 1. The topological polar surface area (TPSA) is 92.8 Å². The van der Waals surface area contributed by atoms with Gasteiger partial charge in [0, 0.05) is 25.9 Å². The maximum atomic E-state index is 12.2. The molecule has 24 heavy (non-hydrogen) atoms. The zero-order chi connectivity index (χ0) is 18.5. The molecule has 1 aromatic carbocycles. The molecule has 9 heteroatoms. The summed E-state index contributed by atoms with van der Waals surface area (Å²) in [7, 11) is -0.999. The molecule has 0 aliphatic rings. The lowest BCUT2D eigenvalue weighted by Gasteiger charge is -2.14. The van der Waals surface area contributed by atoms with E-state index in [1.165, 1.54) is 38.4 Å². The zero-order valence-corrected chi connectivity index (χ0v) is 15.4. The van der Waals surface area contributed by atoms with E-state index < -0.39 is 28.5 Å². The fraction of sp³-hybridized carbons (Fsp3) is 0.333. The van der Waals surface area contributed by atoms with Gasteiger partial charge >= 0.3 is 5.97 Å². The highest BCUT2D eigenvalue weighted by Gasteiger charge is 2.21. The molecule has 1 amide bonds. The van der Waals surface area contributed by atoms with E-state index in [1.54, 1.807) is 13.8 Å². The summed E-state index contributed by atoms with van der Waals surface area (Å²) in [6.07, 6.45) is 1.26. The summed E-state index contributed by atoms with van der Waals surface area (Å²) in [5.74, 6) is -1.22. The summed E-state index contributed by atoms with van der Waals surface area (Å²) in [5, 5.41) is 2.49. The summed E-state index contributed by atoms with van der Waals surface area (Å²) in [6, 6.07) is 4.06. The maximum Gasteiger partial charge on any atom is 0.331 e. The van der Waals surface area contributed by atoms with Crippen molar-refractivity contribution in [2.75, 3.05) is 26.0 Å². The second-order valence-electron chi connectivity index (χ2n) is 5.31. The number of carbonyl (C=O) groups is 2. The number of nitrogens with zero attached hydrogens (tertiary/aromatic N) is 1. The molecule has 0 spiro atoms. The van der Waals surface area contributed by atoms with Gasteiger partial charge in [0.1, 0.15) is 4.90 Å². The lowest BCUT2D eigenvalue weighted by Crippen LogP contribution is -2.23. The molecule has 0 radical (unpaired) electrons. The number of sulfonamides is 1. The zero-order valence-electron chi connectivity index (χ0n) is 13.8. The largest absolute Gasteiger partial charge is 0.452 e. The molecule has 0 aromatic heterocycles. The number of amides is 1. The summed E-state index contributed by atoms with van der Waals surface area (Å²) < 4.78 is 30.1. The average molecular weight is 375 g/mol. The summed E-state index contributed by atoms with van der Waals surface area (Å²) in [4.78, 5) is 23.0. The van der Waals surface area contributed by atoms with Crippen LogP contribution in [-0.4, -0.2) is 45.3 Å². The van der Waals surface area contributed by atoms with Gasteiger partial charge in [0.05, 0.1) is 5.02 Å².